The van der Waals surface area contributed by atoms with Crippen molar-refractivity contribution >= 4 is 12.1 Å². The van der Waals surface area contributed by atoms with Gasteiger partial charge in [-0.05, 0) is 70.2 Å². The fraction of sp³-hybridized carbons (Fsp3) is 0.217. The first kappa shape index (κ1) is 19.4. The van der Waals surface area contributed by atoms with E-state index in [1.54, 1.807) is 30.5 Å². The average molecular weight is 375 g/mol. The number of ether oxygens (including phenoxy) is 1. The molecular formula is C23H25N3O2. The van der Waals surface area contributed by atoms with Crippen LogP contribution in [0.15, 0.2) is 59.7 Å². The monoisotopic (exact) mass is 375 g/mol. The van der Waals surface area contributed by atoms with Gasteiger partial charge in [-0.1, -0.05) is 17.7 Å². The van der Waals surface area contributed by atoms with Gasteiger partial charge in [0.2, 0.25) is 0 Å². The molecule has 0 radical (unpaired) electrons. The van der Waals surface area contributed by atoms with E-state index in [1.165, 1.54) is 5.56 Å². The Morgan fingerprint density at radius 2 is 1.75 bits per heavy atom. The van der Waals surface area contributed by atoms with Gasteiger partial charge >= 0.3 is 0 Å². The number of rotatable bonds is 6. The van der Waals surface area contributed by atoms with Gasteiger partial charge in [-0.2, -0.15) is 5.10 Å². The molecule has 3 aromatic rings. The summed E-state index contributed by atoms with van der Waals surface area (Å²) in [5.74, 6) is 0.484. The maximum absolute atomic E-state index is 12.2. The normalized spacial score (nSPS) is 11.0. The number of nitrogens with one attached hydrogen (secondary N) is 1. The molecule has 0 aliphatic rings. The molecular weight excluding hydrogens is 350 g/mol. The van der Waals surface area contributed by atoms with Crippen LogP contribution in [0, 0.1) is 20.8 Å². The van der Waals surface area contributed by atoms with Crippen LogP contribution >= 0.6 is 0 Å². The number of aryl methyl sites for hydroxylation is 2. The van der Waals surface area contributed by atoms with Gasteiger partial charge in [0.15, 0.2) is 0 Å². The number of aromatic nitrogens is 1. The molecule has 0 atom stereocenters. The van der Waals surface area contributed by atoms with Crippen LogP contribution in [0.2, 0.25) is 0 Å². The minimum atomic E-state index is -0.258. The fourth-order valence-electron chi connectivity index (χ4n) is 3.10. The van der Waals surface area contributed by atoms with E-state index in [4.69, 9.17) is 4.74 Å². The molecule has 1 aromatic heterocycles. The lowest BCUT2D eigenvalue weighted by Gasteiger charge is -2.09. The minimum absolute atomic E-state index is 0.258. The molecule has 0 saturated carbocycles. The maximum Gasteiger partial charge on any atom is 0.271 e. The molecule has 5 nitrogen and oxygen atoms in total. The van der Waals surface area contributed by atoms with E-state index in [-0.39, 0.29) is 5.91 Å². The smallest absolute Gasteiger partial charge is 0.271 e. The molecule has 5 heteroatoms. The molecule has 3 rings (SSSR count). The largest absolute Gasteiger partial charge is 0.494 e. The first-order valence-corrected chi connectivity index (χ1v) is 9.32. The van der Waals surface area contributed by atoms with Crippen molar-refractivity contribution in [3.8, 4) is 11.4 Å². The van der Waals surface area contributed by atoms with Gasteiger partial charge in [0.1, 0.15) is 5.75 Å². The van der Waals surface area contributed by atoms with Crippen molar-refractivity contribution < 1.29 is 9.53 Å². The van der Waals surface area contributed by atoms with E-state index in [0.717, 1.165) is 28.4 Å². The zero-order chi connectivity index (χ0) is 20.1. The molecule has 0 unspecified atom stereocenters. The summed E-state index contributed by atoms with van der Waals surface area (Å²) in [7, 11) is 0. The van der Waals surface area contributed by atoms with Gasteiger partial charge in [0, 0.05) is 28.2 Å². The highest BCUT2D eigenvalue weighted by molar-refractivity contribution is 5.95. The molecule has 1 heterocycles. The number of hydrogen-bond donors (Lipinski definition) is 1. The van der Waals surface area contributed by atoms with Gasteiger partial charge < -0.3 is 9.30 Å². The second kappa shape index (κ2) is 8.57. The van der Waals surface area contributed by atoms with E-state index >= 15 is 0 Å². The van der Waals surface area contributed by atoms with E-state index in [1.807, 2.05) is 13.8 Å². The summed E-state index contributed by atoms with van der Waals surface area (Å²) in [5, 5.41) is 4.13. The van der Waals surface area contributed by atoms with Crippen LogP contribution in [0.1, 0.15) is 39.8 Å². The molecule has 0 spiro atoms. The Kier molecular flexibility index (Phi) is 5.94. The summed E-state index contributed by atoms with van der Waals surface area (Å²) >= 11 is 0. The van der Waals surface area contributed by atoms with Gasteiger partial charge in [0.05, 0.1) is 12.8 Å². The van der Waals surface area contributed by atoms with E-state index in [2.05, 4.69) is 59.3 Å². The highest BCUT2D eigenvalue weighted by Crippen LogP contribution is 2.20. The first-order valence-electron chi connectivity index (χ1n) is 9.32. The lowest BCUT2D eigenvalue weighted by molar-refractivity contribution is 0.0955. The van der Waals surface area contributed by atoms with Crippen LogP contribution in [0.25, 0.3) is 5.69 Å². The number of carbonyl (C=O) groups excluding carboxylic acids is 1. The zero-order valence-corrected chi connectivity index (χ0v) is 16.7. The van der Waals surface area contributed by atoms with E-state index in [0.29, 0.717) is 12.2 Å². The average Bonchev–Trinajstić information content (AvgIpc) is 2.97. The Hall–Kier alpha value is -3.34. The number of carbonyl (C=O) groups is 1. The molecule has 0 saturated heterocycles. The predicted octanol–water partition coefficient (Wildman–Crippen LogP) is 4.57. The molecule has 0 aliphatic heterocycles. The molecule has 0 bridgehead atoms. The van der Waals surface area contributed by atoms with Crippen molar-refractivity contribution in [2.45, 2.75) is 27.7 Å². The topological polar surface area (TPSA) is 55.6 Å². The van der Waals surface area contributed by atoms with Gasteiger partial charge in [-0.3, -0.25) is 4.79 Å². The number of hydrazone groups is 1. The van der Waals surface area contributed by atoms with Crippen molar-refractivity contribution in [2.75, 3.05) is 6.61 Å². The van der Waals surface area contributed by atoms with Crippen molar-refractivity contribution in [1.29, 1.82) is 0 Å². The second-order valence-corrected chi connectivity index (χ2v) is 6.65. The van der Waals surface area contributed by atoms with Gasteiger partial charge in [0.25, 0.3) is 5.91 Å². The second-order valence-electron chi connectivity index (χ2n) is 6.65. The van der Waals surface area contributed by atoms with Crippen LogP contribution in [0.5, 0.6) is 5.75 Å². The van der Waals surface area contributed by atoms with E-state index < -0.39 is 0 Å². The summed E-state index contributed by atoms with van der Waals surface area (Å²) in [4.78, 5) is 12.2. The predicted molar refractivity (Wildman–Crippen MR) is 113 cm³/mol. The van der Waals surface area contributed by atoms with Crippen LogP contribution in [0.3, 0.4) is 0 Å². The van der Waals surface area contributed by atoms with Crippen molar-refractivity contribution in [1.82, 2.24) is 9.99 Å². The maximum atomic E-state index is 12.2. The van der Waals surface area contributed by atoms with Gasteiger partial charge in [-0.15, -0.1) is 0 Å². The SMILES string of the molecule is CCOc1ccc(C(=O)N/N=C\c2cc(C)n(-c3ccc(C)cc3)c2C)cc1. The third-order valence-electron chi connectivity index (χ3n) is 4.56. The summed E-state index contributed by atoms with van der Waals surface area (Å²) < 4.78 is 7.56. The minimum Gasteiger partial charge on any atom is -0.494 e. The highest BCUT2D eigenvalue weighted by atomic mass is 16.5. The fourth-order valence-corrected chi connectivity index (χ4v) is 3.10. The highest BCUT2D eigenvalue weighted by Gasteiger charge is 2.10. The molecule has 1 amide bonds. The Morgan fingerprint density at radius 3 is 2.39 bits per heavy atom. The quantitative estimate of drug-likeness (QED) is 0.507. The number of benzene rings is 2. The summed E-state index contributed by atoms with van der Waals surface area (Å²) in [6.07, 6.45) is 1.68. The third-order valence-corrected chi connectivity index (χ3v) is 4.56. The Bertz CT molecular complexity index is 984. The third kappa shape index (κ3) is 4.31. The van der Waals surface area contributed by atoms with Crippen LogP contribution in [0.4, 0.5) is 0 Å². The Morgan fingerprint density at radius 1 is 1.07 bits per heavy atom. The first-order chi connectivity index (χ1) is 13.5. The number of amides is 1. The Balaban J connectivity index is 1.71. The van der Waals surface area contributed by atoms with Crippen LogP contribution < -0.4 is 10.2 Å². The molecule has 2 aromatic carbocycles. The molecule has 144 valence electrons. The lowest BCUT2D eigenvalue weighted by Crippen LogP contribution is -2.17. The summed E-state index contributed by atoms with van der Waals surface area (Å²) in [5.41, 5.74) is 8.60. The van der Waals surface area contributed by atoms with Crippen molar-refractivity contribution in [2.24, 2.45) is 5.10 Å². The summed E-state index contributed by atoms with van der Waals surface area (Å²) in [6, 6.07) is 17.4. The van der Waals surface area contributed by atoms with Crippen LogP contribution in [-0.2, 0) is 0 Å². The van der Waals surface area contributed by atoms with Crippen LogP contribution in [-0.4, -0.2) is 23.3 Å². The molecule has 0 aliphatic carbocycles. The number of nitrogens with zero attached hydrogens (tertiary/aromatic N) is 2. The zero-order valence-electron chi connectivity index (χ0n) is 16.7. The van der Waals surface area contributed by atoms with Crippen molar-refractivity contribution in [3.63, 3.8) is 0 Å². The standard InChI is InChI=1S/C23H25N3O2/c1-5-28-22-12-8-19(9-13-22)23(27)25-24-15-20-14-17(3)26(18(20)4)21-10-6-16(2)7-11-21/h6-15H,5H2,1-4H3,(H,25,27)/b24-15-. The lowest BCUT2D eigenvalue weighted by atomic mass is 10.2. The molecule has 0 fully saturated rings. The van der Waals surface area contributed by atoms with E-state index in [9.17, 15) is 4.79 Å². The summed E-state index contributed by atoms with van der Waals surface area (Å²) in [6.45, 7) is 8.69. The number of hydrogen-bond acceptors (Lipinski definition) is 3. The Labute approximate surface area is 165 Å². The molecule has 1 N–H and O–H groups in total. The van der Waals surface area contributed by atoms with Crippen molar-refractivity contribution in [3.05, 3.63) is 82.7 Å². The molecule has 28 heavy (non-hydrogen) atoms. The van der Waals surface area contributed by atoms with Gasteiger partial charge in [-0.25, -0.2) is 5.43 Å².